The van der Waals surface area contributed by atoms with Crippen LogP contribution in [0.5, 0.6) is 0 Å². The van der Waals surface area contributed by atoms with Crippen LogP contribution in [0.25, 0.3) is 0 Å². The lowest BCUT2D eigenvalue weighted by Gasteiger charge is -2.32. The third kappa shape index (κ3) is 2.49. The maximum Gasteiger partial charge on any atom is 0.257 e. The molecule has 0 spiro atoms. The largest absolute Gasteiger partial charge is 0.371 e. The maximum absolute atomic E-state index is 14.0. The number of carbonyl (C=O) groups excluding carboxylic acids is 2. The normalized spacial score (nSPS) is 15.6. The predicted molar refractivity (Wildman–Crippen MR) is 67.3 cm³/mol. The number of rotatable bonds is 2. The quantitative estimate of drug-likeness (QED) is 0.829. The Morgan fingerprint density at radius 2 is 2.21 bits per heavy atom. The van der Waals surface area contributed by atoms with E-state index in [1.165, 1.54) is 24.2 Å². The number of piperazine rings is 1. The van der Waals surface area contributed by atoms with Crippen LogP contribution in [0.3, 0.4) is 0 Å². The van der Waals surface area contributed by atoms with Gasteiger partial charge in [0.1, 0.15) is 6.54 Å². The summed E-state index contributed by atoms with van der Waals surface area (Å²) in [5.41, 5.74) is -0.0725. The van der Waals surface area contributed by atoms with Gasteiger partial charge in [-0.25, -0.2) is 9.37 Å². The standard InChI is InChI=1S/C12H15FN4O2/c1-14-11-10(13)8(3-4-15-11)12(19)17-6-5-16(2)9(18)7-17/h3-4H,5-7H2,1-2H3,(H,14,15). The van der Waals surface area contributed by atoms with Gasteiger partial charge in [-0.3, -0.25) is 9.59 Å². The van der Waals surface area contributed by atoms with Crippen LogP contribution >= 0.6 is 0 Å². The second-order valence-corrected chi connectivity index (χ2v) is 4.31. The van der Waals surface area contributed by atoms with Gasteiger partial charge in [0, 0.05) is 33.4 Å². The van der Waals surface area contributed by atoms with Gasteiger partial charge < -0.3 is 15.1 Å². The van der Waals surface area contributed by atoms with Crippen molar-refractivity contribution in [3.8, 4) is 0 Å². The van der Waals surface area contributed by atoms with E-state index in [1.54, 1.807) is 11.9 Å². The van der Waals surface area contributed by atoms with E-state index in [2.05, 4.69) is 10.3 Å². The molecule has 2 heterocycles. The average Bonchev–Trinajstić information content (AvgIpc) is 2.41. The molecule has 19 heavy (non-hydrogen) atoms. The van der Waals surface area contributed by atoms with Crippen LogP contribution in [0, 0.1) is 5.82 Å². The Kier molecular flexibility index (Phi) is 3.64. The lowest BCUT2D eigenvalue weighted by molar-refractivity contribution is -0.133. The van der Waals surface area contributed by atoms with Gasteiger partial charge >= 0.3 is 0 Å². The molecule has 1 aliphatic heterocycles. The fourth-order valence-corrected chi connectivity index (χ4v) is 1.89. The first-order chi connectivity index (χ1) is 9.04. The molecule has 102 valence electrons. The number of halogens is 1. The Balaban J connectivity index is 2.23. The SMILES string of the molecule is CNc1nccc(C(=O)N2CCN(C)C(=O)C2)c1F. The molecule has 0 unspecified atom stereocenters. The molecule has 0 saturated carbocycles. The van der Waals surface area contributed by atoms with E-state index in [0.29, 0.717) is 13.1 Å². The van der Waals surface area contributed by atoms with Crippen molar-refractivity contribution in [1.82, 2.24) is 14.8 Å². The fourth-order valence-electron chi connectivity index (χ4n) is 1.89. The Labute approximate surface area is 110 Å². The van der Waals surface area contributed by atoms with Gasteiger partial charge in [-0.2, -0.15) is 0 Å². The summed E-state index contributed by atoms with van der Waals surface area (Å²) in [6.45, 7) is 0.833. The van der Waals surface area contributed by atoms with Crippen LogP contribution in [-0.2, 0) is 4.79 Å². The minimum atomic E-state index is -0.693. The smallest absolute Gasteiger partial charge is 0.257 e. The highest BCUT2D eigenvalue weighted by Gasteiger charge is 2.27. The molecule has 1 N–H and O–H groups in total. The molecule has 1 aromatic rings. The molecule has 0 bridgehead atoms. The maximum atomic E-state index is 14.0. The highest BCUT2D eigenvalue weighted by Crippen LogP contribution is 2.17. The van der Waals surface area contributed by atoms with Crippen LogP contribution in [0.2, 0.25) is 0 Å². The fraction of sp³-hybridized carbons (Fsp3) is 0.417. The molecule has 6 nitrogen and oxygen atoms in total. The van der Waals surface area contributed by atoms with Crippen molar-refractivity contribution >= 4 is 17.6 Å². The van der Waals surface area contributed by atoms with E-state index in [1.807, 2.05) is 0 Å². The van der Waals surface area contributed by atoms with Gasteiger partial charge in [-0.05, 0) is 6.07 Å². The minimum Gasteiger partial charge on any atom is -0.371 e. The summed E-state index contributed by atoms with van der Waals surface area (Å²) in [7, 11) is 3.20. The number of anilines is 1. The van der Waals surface area contributed by atoms with Gasteiger partial charge in [0.15, 0.2) is 11.6 Å². The Morgan fingerprint density at radius 1 is 1.47 bits per heavy atom. The molecular formula is C12H15FN4O2. The van der Waals surface area contributed by atoms with Gasteiger partial charge in [0.05, 0.1) is 5.56 Å². The van der Waals surface area contributed by atoms with Crippen LogP contribution < -0.4 is 5.32 Å². The van der Waals surface area contributed by atoms with Gasteiger partial charge in [0.2, 0.25) is 5.91 Å². The lowest BCUT2D eigenvalue weighted by atomic mass is 10.2. The monoisotopic (exact) mass is 266 g/mol. The molecule has 2 amide bonds. The number of carbonyl (C=O) groups is 2. The van der Waals surface area contributed by atoms with Crippen molar-refractivity contribution in [3.05, 3.63) is 23.6 Å². The van der Waals surface area contributed by atoms with Crippen molar-refractivity contribution in [3.63, 3.8) is 0 Å². The summed E-state index contributed by atoms with van der Waals surface area (Å²) in [5, 5.41) is 2.58. The van der Waals surface area contributed by atoms with Crippen LogP contribution in [0.15, 0.2) is 12.3 Å². The molecule has 1 fully saturated rings. The molecule has 1 aromatic heterocycles. The Morgan fingerprint density at radius 3 is 2.84 bits per heavy atom. The lowest BCUT2D eigenvalue weighted by Crippen LogP contribution is -2.50. The van der Waals surface area contributed by atoms with Crippen molar-refractivity contribution in [2.45, 2.75) is 0 Å². The average molecular weight is 266 g/mol. The third-order valence-electron chi connectivity index (χ3n) is 3.10. The summed E-state index contributed by atoms with van der Waals surface area (Å²) in [4.78, 5) is 30.4. The van der Waals surface area contributed by atoms with Crippen molar-refractivity contribution in [2.24, 2.45) is 0 Å². The molecule has 2 rings (SSSR count). The van der Waals surface area contributed by atoms with Crippen LogP contribution in [0.4, 0.5) is 10.2 Å². The second-order valence-electron chi connectivity index (χ2n) is 4.31. The molecule has 0 radical (unpaired) electrons. The van der Waals surface area contributed by atoms with Crippen molar-refractivity contribution in [1.29, 1.82) is 0 Å². The van der Waals surface area contributed by atoms with Gasteiger partial charge in [-0.1, -0.05) is 0 Å². The Hall–Kier alpha value is -2.18. The number of aromatic nitrogens is 1. The highest BCUT2D eigenvalue weighted by atomic mass is 19.1. The molecular weight excluding hydrogens is 251 g/mol. The van der Waals surface area contributed by atoms with Gasteiger partial charge in [-0.15, -0.1) is 0 Å². The zero-order chi connectivity index (χ0) is 14.0. The molecule has 1 saturated heterocycles. The van der Waals surface area contributed by atoms with E-state index >= 15 is 0 Å². The van der Waals surface area contributed by atoms with Gasteiger partial charge in [0.25, 0.3) is 5.91 Å². The first-order valence-corrected chi connectivity index (χ1v) is 5.90. The summed E-state index contributed by atoms with van der Waals surface area (Å²) in [6.07, 6.45) is 1.36. The summed E-state index contributed by atoms with van der Waals surface area (Å²) < 4.78 is 14.0. The highest BCUT2D eigenvalue weighted by molar-refractivity contribution is 5.97. The third-order valence-corrected chi connectivity index (χ3v) is 3.10. The van der Waals surface area contributed by atoms with Crippen LogP contribution in [0.1, 0.15) is 10.4 Å². The number of hydrogen-bond acceptors (Lipinski definition) is 4. The molecule has 0 aliphatic carbocycles. The number of nitrogens with one attached hydrogen (secondary N) is 1. The summed E-state index contributed by atoms with van der Waals surface area (Å²) >= 11 is 0. The summed E-state index contributed by atoms with van der Waals surface area (Å²) in [6, 6.07) is 1.32. The molecule has 0 atom stereocenters. The number of hydrogen-bond donors (Lipinski definition) is 1. The zero-order valence-electron chi connectivity index (χ0n) is 10.8. The number of nitrogens with zero attached hydrogens (tertiary/aromatic N) is 3. The van der Waals surface area contributed by atoms with E-state index in [9.17, 15) is 14.0 Å². The molecule has 1 aliphatic rings. The predicted octanol–water partition coefficient (Wildman–Crippen LogP) is 0.177. The molecule has 0 aromatic carbocycles. The minimum absolute atomic E-state index is 0.0197. The topological polar surface area (TPSA) is 65.5 Å². The number of amides is 2. The van der Waals surface area contributed by atoms with E-state index in [4.69, 9.17) is 0 Å². The van der Waals surface area contributed by atoms with E-state index in [-0.39, 0.29) is 23.8 Å². The molecule has 7 heteroatoms. The zero-order valence-corrected chi connectivity index (χ0v) is 10.8. The van der Waals surface area contributed by atoms with Crippen molar-refractivity contribution in [2.75, 3.05) is 39.0 Å². The van der Waals surface area contributed by atoms with Crippen molar-refractivity contribution < 1.29 is 14.0 Å². The summed E-state index contributed by atoms with van der Waals surface area (Å²) in [5.74, 6) is -1.31. The Bertz CT molecular complexity index is 520. The van der Waals surface area contributed by atoms with E-state index < -0.39 is 11.7 Å². The first-order valence-electron chi connectivity index (χ1n) is 5.90. The first kappa shape index (κ1) is 13.3. The number of pyridine rings is 1. The second kappa shape index (κ2) is 5.21. The number of likely N-dealkylation sites (N-methyl/N-ethyl adjacent to an activating group) is 1. The van der Waals surface area contributed by atoms with E-state index in [0.717, 1.165) is 0 Å². The van der Waals surface area contributed by atoms with Crippen LogP contribution in [-0.4, -0.2) is 60.3 Å².